The van der Waals surface area contributed by atoms with E-state index in [-0.39, 0.29) is 24.5 Å². The summed E-state index contributed by atoms with van der Waals surface area (Å²) in [5, 5.41) is 19.6. The second-order valence-corrected chi connectivity index (χ2v) is 5.27. The van der Waals surface area contributed by atoms with Crippen molar-refractivity contribution in [2.45, 2.75) is 57.7 Å². The smallest absolute Gasteiger partial charge is 0.139 e. The van der Waals surface area contributed by atoms with E-state index in [4.69, 9.17) is 0 Å². The van der Waals surface area contributed by atoms with E-state index in [1.165, 1.54) is 0 Å². The van der Waals surface area contributed by atoms with Gasteiger partial charge in [0.2, 0.25) is 0 Å². The van der Waals surface area contributed by atoms with Crippen LogP contribution in [0.3, 0.4) is 0 Å². The Hall–Kier alpha value is -1.00. The molecule has 0 heterocycles. The zero-order valence-corrected chi connectivity index (χ0v) is 11.5. The number of Topliss-reactive ketones (excluding diaryl/α,β-unsaturated/α-hetero) is 1. The van der Waals surface area contributed by atoms with Crippen LogP contribution in [0.1, 0.15) is 45.4 Å². The van der Waals surface area contributed by atoms with E-state index in [2.05, 4.69) is 6.92 Å². The number of aldehydes is 1. The summed E-state index contributed by atoms with van der Waals surface area (Å²) >= 11 is 0. The lowest BCUT2D eigenvalue weighted by Gasteiger charge is -2.15. The van der Waals surface area contributed by atoms with Crippen LogP contribution < -0.4 is 0 Å². The van der Waals surface area contributed by atoms with E-state index in [9.17, 15) is 19.8 Å². The van der Waals surface area contributed by atoms with E-state index < -0.39 is 18.1 Å². The lowest BCUT2D eigenvalue weighted by Crippen LogP contribution is -2.19. The molecule has 0 aromatic rings. The minimum absolute atomic E-state index is 0.0604. The highest BCUT2D eigenvalue weighted by Crippen LogP contribution is 2.32. The molecule has 0 spiro atoms. The number of hydrogen-bond acceptors (Lipinski definition) is 4. The Morgan fingerprint density at radius 1 is 1.42 bits per heavy atom. The zero-order chi connectivity index (χ0) is 14.3. The molecule has 4 atom stereocenters. The number of aliphatic hydroxyl groups excluding tert-OH is 2. The minimum Gasteiger partial charge on any atom is -0.392 e. The van der Waals surface area contributed by atoms with Gasteiger partial charge in [-0.25, -0.2) is 0 Å². The van der Waals surface area contributed by atoms with Gasteiger partial charge in [-0.15, -0.1) is 0 Å². The molecule has 1 aliphatic carbocycles. The first kappa shape index (κ1) is 16.1. The van der Waals surface area contributed by atoms with Crippen molar-refractivity contribution < 1.29 is 19.8 Å². The average molecular weight is 268 g/mol. The Morgan fingerprint density at radius 3 is 2.79 bits per heavy atom. The van der Waals surface area contributed by atoms with Crippen molar-refractivity contribution in [1.82, 2.24) is 0 Å². The third kappa shape index (κ3) is 4.88. The molecule has 0 aliphatic heterocycles. The van der Waals surface area contributed by atoms with Crippen LogP contribution in [-0.4, -0.2) is 34.5 Å². The van der Waals surface area contributed by atoms with Crippen molar-refractivity contribution in [3.05, 3.63) is 12.2 Å². The molecule has 1 rings (SSSR count). The number of rotatable bonds is 8. The number of aliphatic hydroxyl groups is 2. The minimum atomic E-state index is -0.725. The van der Waals surface area contributed by atoms with Crippen molar-refractivity contribution in [1.29, 1.82) is 0 Å². The van der Waals surface area contributed by atoms with Gasteiger partial charge in [0.05, 0.1) is 12.2 Å². The Morgan fingerprint density at radius 2 is 2.16 bits per heavy atom. The third-order valence-corrected chi connectivity index (χ3v) is 3.74. The molecule has 0 amide bonds. The van der Waals surface area contributed by atoms with Crippen LogP contribution in [0.2, 0.25) is 0 Å². The lowest BCUT2D eigenvalue weighted by atomic mass is 9.91. The largest absolute Gasteiger partial charge is 0.392 e. The van der Waals surface area contributed by atoms with Crippen molar-refractivity contribution in [2.75, 3.05) is 0 Å². The summed E-state index contributed by atoms with van der Waals surface area (Å²) < 4.78 is 0. The Labute approximate surface area is 114 Å². The zero-order valence-electron chi connectivity index (χ0n) is 11.5. The SMILES string of the molecule is CCCCC[C@H](O)/C=C/[C@H]1[C@H](O)CC(=O)[C@@H]1CC=O. The first-order valence-electron chi connectivity index (χ1n) is 7.11. The van der Waals surface area contributed by atoms with Crippen LogP contribution in [-0.2, 0) is 9.59 Å². The van der Waals surface area contributed by atoms with Crippen molar-refractivity contribution in [3.8, 4) is 0 Å². The fourth-order valence-electron chi connectivity index (χ4n) is 2.59. The molecule has 19 heavy (non-hydrogen) atoms. The van der Waals surface area contributed by atoms with Crippen LogP contribution in [0.15, 0.2) is 12.2 Å². The van der Waals surface area contributed by atoms with E-state index in [0.717, 1.165) is 25.5 Å². The van der Waals surface area contributed by atoms with Gasteiger partial charge in [-0.05, 0) is 6.42 Å². The highest BCUT2D eigenvalue weighted by Gasteiger charge is 2.39. The Balaban J connectivity index is 2.52. The first-order chi connectivity index (χ1) is 9.10. The molecule has 1 fully saturated rings. The van der Waals surface area contributed by atoms with Gasteiger partial charge >= 0.3 is 0 Å². The van der Waals surface area contributed by atoms with Crippen LogP contribution in [0.5, 0.6) is 0 Å². The van der Waals surface area contributed by atoms with Crippen LogP contribution in [0, 0.1) is 11.8 Å². The molecule has 108 valence electrons. The van der Waals surface area contributed by atoms with E-state index in [0.29, 0.717) is 6.42 Å². The molecule has 4 nitrogen and oxygen atoms in total. The number of unbranched alkanes of at least 4 members (excludes halogenated alkanes) is 2. The van der Waals surface area contributed by atoms with Crippen molar-refractivity contribution in [3.63, 3.8) is 0 Å². The molecule has 0 aromatic heterocycles. The average Bonchev–Trinajstić information content (AvgIpc) is 2.63. The Bertz CT molecular complexity index is 324. The molecule has 1 saturated carbocycles. The lowest BCUT2D eigenvalue weighted by molar-refractivity contribution is -0.123. The molecular weight excluding hydrogens is 244 g/mol. The predicted molar refractivity (Wildman–Crippen MR) is 72.6 cm³/mol. The summed E-state index contributed by atoms with van der Waals surface area (Å²) in [6.45, 7) is 2.10. The Kier molecular flexibility index (Phi) is 6.95. The van der Waals surface area contributed by atoms with Crippen molar-refractivity contribution >= 4 is 12.1 Å². The molecule has 2 N–H and O–H groups in total. The fraction of sp³-hybridized carbons (Fsp3) is 0.733. The maximum Gasteiger partial charge on any atom is 0.139 e. The maximum absolute atomic E-state index is 11.6. The van der Waals surface area contributed by atoms with Crippen LogP contribution >= 0.6 is 0 Å². The number of hydrogen-bond donors (Lipinski definition) is 2. The topological polar surface area (TPSA) is 74.6 Å². The first-order valence-corrected chi connectivity index (χ1v) is 7.11. The highest BCUT2D eigenvalue weighted by molar-refractivity contribution is 5.86. The van der Waals surface area contributed by atoms with Gasteiger partial charge in [-0.2, -0.15) is 0 Å². The second kappa shape index (κ2) is 8.23. The third-order valence-electron chi connectivity index (χ3n) is 3.74. The van der Waals surface area contributed by atoms with Crippen LogP contribution in [0.25, 0.3) is 0 Å². The van der Waals surface area contributed by atoms with Gasteiger partial charge in [0.1, 0.15) is 12.1 Å². The van der Waals surface area contributed by atoms with E-state index in [1.54, 1.807) is 12.2 Å². The maximum atomic E-state index is 11.6. The molecular formula is C15H24O4. The molecule has 1 aliphatic rings. The van der Waals surface area contributed by atoms with E-state index >= 15 is 0 Å². The van der Waals surface area contributed by atoms with E-state index in [1.807, 2.05) is 0 Å². The molecule has 0 saturated heterocycles. The molecule has 4 heteroatoms. The second-order valence-electron chi connectivity index (χ2n) is 5.27. The summed E-state index contributed by atoms with van der Waals surface area (Å²) in [5.74, 6) is -0.820. The summed E-state index contributed by atoms with van der Waals surface area (Å²) in [6.07, 6.45) is 6.93. The molecule has 0 unspecified atom stereocenters. The van der Waals surface area contributed by atoms with Crippen molar-refractivity contribution in [2.24, 2.45) is 11.8 Å². The number of carbonyl (C=O) groups excluding carboxylic acids is 2. The predicted octanol–water partition coefficient (Wildman–Crippen LogP) is 1.64. The summed E-state index contributed by atoms with van der Waals surface area (Å²) in [6, 6.07) is 0. The molecule has 0 radical (unpaired) electrons. The normalized spacial score (nSPS) is 29.0. The van der Waals surface area contributed by atoms with Gasteiger partial charge in [-0.3, -0.25) is 4.79 Å². The molecule has 0 aromatic carbocycles. The van der Waals surface area contributed by atoms with Gasteiger partial charge in [-0.1, -0.05) is 38.3 Å². The van der Waals surface area contributed by atoms with Gasteiger partial charge in [0.15, 0.2) is 0 Å². The number of carbonyl (C=O) groups is 2. The van der Waals surface area contributed by atoms with Gasteiger partial charge in [0, 0.05) is 24.7 Å². The van der Waals surface area contributed by atoms with Gasteiger partial charge < -0.3 is 15.0 Å². The quantitative estimate of drug-likeness (QED) is 0.399. The molecule has 0 bridgehead atoms. The van der Waals surface area contributed by atoms with Crippen LogP contribution in [0.4, 0.5) is 0 Å². The summed E-state index contributed by atoms with van der Waals surface area (Å²) in [5.41, 5.74) is 0. The standard InChI is InChI=1S/C15H24O4/c1-2-3-4-5-11(17)6-7-12-13(8-9-16)15(19)10-14(12)18/h6-7,9,11-14,17-18H,2-5,8,10H2,1H3/b7-6+/t11-,12+,13+,14+/m0/s1. The monoisotopic (exact) mass is 268 g/mol. The summed E-state index contributed by atoms with van der Waals surface area (Å²) in [4.78, 5) is 22.2. The summed E-state index contributed by atoms with van der Waals surface area (Å²) in [7, 11) is 0. The fourth-order valence-corrected chi connectivity index (χ4v) is 2.59. The van der Waals surface area contributed by atoms with Gasteiger partial charge in [0.25, 0.3) is 0 Å². The number of ketones is 1. The highest BCUT2D eigenvalue weighted by atomic mass is 16.3.